The Kier molecular flexibility index (Phi) is 20.5. The van der Waals surface area contributed by atoms with Crippen LogP contribution in [0.4, 0.5) is 41.1 Å². The minimum absolute atomic E-state index is 0.0124. The maximum atomic E-state index is 14.3. The van der Waals surface area contributed by atoms with Crippen molar-refractivity contribution < 1.29 is 58.6 Å². The number of alkyl halides is 1. The zero-order valence-electron chi connectivity index (χ0n) is 39.3. The fourth-order valence-corrected chi connectivity index (χ4v) is 11.1. The smallest absolute Gasteiger partial charge is 0.224 e. The molecule has 6 rings (SSSR count). The molecule has 0 saturated carbocycles. The number of nitrogens with zero attached hydrogens (tertiary/aromatic N) is 6. The molecule has 0 spiro atoms. The van der Waals surface area contributed by atoms with Gasteiger partial charge in [-0.1, -0.05) is 6.92 Å². The van der Waals surface area contributed by atoms with Gasteiger partial charge in [0.25, 0.3) is 0 Å². The molecule has 8 N–H and O–H groups in total. The molecule has 1 atom stereocenters. The van der Waals surface area contributed by atoms with Crippen LogP contribution in [-0.4, -0.2) is 151 Å². The summed E-state index contributed by atoms with van der Waals surface area (Å²) in [5, 5.41) is 18.5. The second-order valence-electron chi connectivity index (χ2n) is 16.4. The number of methoxy groups -OCH3 is 2. The molecule has 20 nitrogen and oxygen atoms in total. The van der Waals surface area contributed by atoms with E-state index in [-0.39, 0.29) is 88.3 Å². The average Bonchev–Trinajstić information content (AvgIpc) is 3.35. The summed E-state index contributed by atoms with van der Waals surface area (Å²) in [7, 11) is -4.29. The normalized spacial score (nSPS) is 15.6. The van der Waals surface area contributed by atoms with Crippen molar-refractivity contribution in [2.24, 2.45) is 0 Å². The molecule has 0 radical (unpaired) electrons. The van der Waals surface area contributed by atoms with E-state index < -0.39 is 66.0 Å². The van der Waals surface area contributed by atoms with Gasteiger partial charge in [0.2, 0.25) is 43.5 Å². The average molecular weight is 1060 g/mol. The Morgan fingerprint density at radius 1 is 0.746 bits per heavy atom. The molecule has 390 valence electrons. The van der Waals surface area contributed by atoms with Crippen LogP contribution in [-0.2, 0) is 20.0 Å². The number of anilines is 4. The number of benzene rings is 2. The summed E-state index contributed by atoms with van der Waals surface area (Å²) in [6.45, 7) is 3.80. The molecule has 0 amide bonds. The van der Waals surface area contributed by atoms with Crippen LogP contribution in [0.5, 0.6) is 11.5 Å². The molecule has 2 saturated heterocycles. The summed E-state index contributed by atoms with van der Waals surface area (Å²) in [6.07, 6.45) is 5.92. The molecule has 0 bridgehead atoms. The molecule has 2 fully saturated rings. The van der Waals surface area contributed by atoms with E-state index in [1.807, 2.05) is 6.92 Å². The Morgan fingerprint density at radius 3 is 1.51 bits per heavy atom. The van der Waals surface area contributed by atoms with Gasteiger partial charge in [-0.2, -0.15) is 9.97 Å². The molecular weight excluding hydrogens is 1000 g/mol. The number of piperidine rings is 2. The van der Waals surface area contributed by atoms with E-state index in [2.05, 4.69) is 35.9 Å². The SMILES string of the molecule is CC[C@H](CO)NCCCS(=O)(=O)N1CCC(Nc2ncc(C(=O)c3c(OC)ccc(F)c3F)c(N)n2)CC1.COc1ccc(F)c(F)c1C(=O)c1cnc(NC2CCN(S(=O)(=O)CCCCl)CC2)nc1N. The number of ketones is 2. The topological polar surface area (TPSA) is 287 Å². The number of halogens is 5. The first-order valence-corrected chi connectivity index (χ1v) is 26.3. The third-order valence-corrected chi connectivity index (χ3v) is 15.9. The summed E-state index contributed by atoms with van der Waals surface area (Å²) in [5.41, 5.74) is 10.2. The van der Waals surface area contributed by atoms with Gasteiger partial charge in [-0.25, -0.2) is 53.0 Å². The Bertz CT molecular complexity index is 2720. The summed E-state index contributed by atoms with van der Waals surface area (Å²) in [6, 6.07) is 3.72. The zero-order valence-corrected chi connectivity index (χ0v) is 41.7. The van der Waals surface area contributed by atoms with Crippen LogP contribution < -0.4 is 36.9 Å². The molecule has 2 aliphatic heterocycles. The first-order valence-electron chi connectivity index (χ1n) is 22.6. The van der Waals surface area contributed by atoms with Crippen molar-refractivity contribution in [3.05, 3.63) is 82.2 Å². The maximum Gasteiger partial charge on any atom is 0.224 e. The van der Waals surface area contributed by atoms with Crippen molar-refractivity contribution >= 4 is 66.7 Å². The number of nitrogens with two attached hydrogens (primary N) is 2. The van der Waals surface area contributed by atoms with Gasteiger partial charge in [-0.15, -0.1) is 11.6 Å². The van der Waals surface area contributed by atoms with Crippen LogP contribution in [0.1, 0.15) is 83.7 Å². The molecule has 0 unspecified atom stereocenters. The number of sulfonamides is 2. The number of nitrogen functional groups attached to an aromatic ring is 2. The number of nitrogens with one attached hydrogen (secondary N) is 3. The third kappa shape index (κ3) is 14.6. The number of aliphatic hydroxyl groups excluding tert-OH is 1. The molecule has 71 heavy (non-hydrogen) atoms. The Labute approximate surface area is 414 Å². The number of carbonyl (C=O) groups is 2. The van der Waals surface area contributed by atoms with Crippen molar-refractivity contribution in [1.29, 1.82) is 0 Å². The van der Waals surface area contributed by atoms with Crippen LogP contribution in [0.2, 0.25) is 0 Å². The van der Waals surface area contributed by atoms with E-state index in [0.29, 0.717) is 71.2 Å². The molecule has 4 aromatic rings. The van der Waals surface area contributed by atoms with E-state index in [1.165, 1.54) is 22.8 Å². The highest BCUT2D eigenvalue weighted by atomic mass is 35.5. The fourth-order valence-electron chi connectivity index (χ4n) is 7.69. The molecule has 27 heteroatoms. The van der Waals surface area contributed by atoms with Gasteiger partial charge in [-0.05, 0) is 75.8 Å². The van der Waals surface area contributed by atoms with Crippen LogP contribution in [0.3, 0.4) is 0 Å². The van der Waals surface area contributed by atoms with Crippen molar-refractivity contribution in [3.8, 4) is 11.5 Å². The molecular formula is C44H58ClF4N11O9S2. The molecule has 2 aliphatic rings. The van der Waals surface area contributed by atoms with Crippen LogP contribution in [0, 0.1) is 23.3 Å². The minimum Gasteiger partial charge on any atom is -0.496 e. The third-order valence-electron chi connectivity index (χ3n) is 11.8. The van der Waals surface area contributed by atoms with E-state index in [9.17, 15) is 49.1 Å². The van der Waals surface area contributed by atoms with E-state index in [4.69, 9.17) is 32.5 Å². The van der Waals surface area contributed by atoms with Gasteiger partial charge in [0, 0.05) is 62.6 Å². The second-order valence-corrected chi connectivity index (χ2v) is 21.0. The number of aromatic nitrogens is 4. The number of carbonyl (C=O) groups excluding carboxylic acids is 2. The molecule has 4 heterocycles. The van der Waals surface area contributed by atoms with E-state index in [1.54, 1.807) is 0 Å². The first kappa shape index (κ1) is 56.4. The monoisotopic (exact) mass is 1060 g/mol. The predicted molar refractivity (Wildman–Crippen MR) is 259 cm³/mol. The summed E-state index contributed by atoms with van der Waals surface area (Å²) < 4.78 is 119. The van der Waals surface area contributed by atoms with Crippen LogP contribution in [0.15, 0.2) is 36.7 Å². The second kappa shape index (κ2) is 25.7. The molecule has 2 aromatic carbocycles. The van der Waals surface area contributed by atoms with Gasteiger partial charge in [0.05, 0.1) is 43.5 Å². The largest absolute Gasteiger partial charge is 0.496 e. The van der Waals surface area contributed by atoms with Gasteiger partial charge in [0.1, 0.15) is 34.3 Å². The van der Waals surface area contributed by atoms with Crippen LogP contribution >= 0.6 is 11.6 Å². The van der Waals surface area contributed by atoms with Gasteiger partial charge in [0.15, 0.2) is 23.3 Å². The lowest BCUT2D eigenvalue weighted by molar-refractivity contribution is 0.102. The number of aliphatic hydroxyl groups is 1. The van der Waals surface area contributed by atoms with Gasteiger partial charge < -0.3 is 42.0 Å². The van der Waals surface area contributed by atoms with E-state index in [0.717, 1.165) is 43.1 Å². The highest BCUT2D eigenvalue weighted by Crippen LogP contribution is 2.30. The Balaban J connectivity index is 0.000000267. The number of hydrogen-bond acceptors (Lipinski definition) is 18. The van der Waals surface area contributed by atoms with Gasteiger partial charge in [-0.3, -0.25) is 9.59 Å². The lowest BCUT2D eigenvalue weighted by atomic mass is 10.0. The zero-order chi connectivity index (χ0) is 52.0. The highest BCUT2D eigenvalue weighted by Gasteiger charge is 2.31. The van der Waals surface area contributed by atoms with Gasteiger partial charge >= 0.3 is 0 Å². The standard InChI is InChI=1S/C24H34F2N6O5S.C20H24ClF2N5O4S/c1-3-15(14-33)28-9-4-12-38(35,36)32-10-7-16(8-11-32)30-24-29-13-17(23(27)31-24)22(34)20-19(37-2)6-5-18(25)21(20)26;1-32-15-4-3-14(22)17(23)16(15)18(29)13-11-25-20(27-19(13)24)26-12-5-8-28(9-6-12)33(30,31)10-2-7-21/h5-6,13,15-16,28,33H,3-4,7-12,14H2,1-2H3,(H3,27,29,30,31);3-4,11-12H,2,5-10H2,1H3,(H3,24,25,26,27)/t15-;/m1./s1. The van der Waals surface area contributed by atoms with Crippen molar-refractivity contribution in [3.63, 3.8) is 0 Å². The van der Waals surface area contributed by atoms with Crippen molar-refractivity contribution in [1.82, 2.24) is 33.9 Å². The highest BCUT2D eigenvalue weighted by molar-refractivity contribution is 7.89. The predicted octanol–water partition coefficient (Wildman–Crippen LogP) is 3.94. The Hall–Kier alpha value is -5.51. The Morgan fingerprint density at radius 2 is 1.15 bits per heavy atom. The minimum atomic E-state index is -3.40. The molecule has 0 aliphatic carbocycles. The number of hydrogen-bond donors (Lipinski definition) is 6. The number of rotatable bonds is 22. The van der Waals surface area contributed by atoms with Crippen molar-refractivity contribution in [2.75, 3.05) is 93.0 Å². The quantitative estimate of drug-likeness (QED) is 0.0281. The maximum absolute atomic E-state index is 14.3. The van der Waals surface area contributed by atoms with E-state index >= 15 is 0 Å². The summed E-state index contributed by atoms with van der Waals surface area (Å²) >= 11 is 5.59. The lowest BCUT2D eigenvalue weighted by Crippen LogP contribution is -2.44. The van der Waals surface area contributed by atoms with Crippen molar-refractivity contribution in [2.45, 2.75) is 70.0 Å². The first-order chi connectivity index (χ1) is 33.8. The summed E-state index contributed by atoms with van der Waals surface area (Å²) in [5.74, 6) is -7.10. The lowest BCUT2D eigenvalue weighted by Gasteiger charge is -2.31. The molecule has 2 aromatic heterocycles. The summed E-state index contributed by atoms with van der Waals surface area (Å²) in [4.78, 5) is 42.0. The fraction of sp³-hybridized carbons (Fsp3) is 0.500. The number of ether oxygens (including phenoxy) is 2. The van der Waals surface area contributed by atoms with Crippen LogP contribution in [0.25, 0.3) is 0 Å².